The van der Waals surface area contributed by atoms with Crippen LogP contribution in [0.15, 0.2) is 206 Å². The molecule has 1 amide bonds. The molecule has 0 saturated carbocycles. The van der Waals surface area contributed by atoms with Crippen molar-refractivity contribution in [1.29, 1.82) is 0 Å². The van der Waals surface area contributed by atoms with E-state index in [4.69, 9.17) is 29.4 Å². The fourth-order valence-electron chi connectivity index (χ4n) is 10.5. The second-order valence-electron chi connectivity index (χ2n) is 28.2. The van der Waals surface area contributed by atoms with Gasteiger partial charge in [-0.1, -0.05) is 90.4 Å². The number of aromatic hydroxyl groups is 1. The molecule has 38 heteroatoms. The van der Waals surface area contributed by atoms with Crippen molar-refractivity contribution in [3.63, 3.8) is 0 Å². The van der Waals surface area contributed by atoms with Gasteiger partial charge in [-0.25, -0.2) is 101 Å². The summed E-state index contributed by atoms with van der Waals surface area (Å²) in [6.07, 6.45) is -13.3. The van der Waals surface area contributed by atoms with E-state index in [-0.39, 0.29) is 167 Å². The number of nitrogens with one attached hydrogen (secondary N) is 2. The van der Waals surface area contributed by atoms with Crippen molar-refractivity contribution in [2.45, 2.75) is 181 Å². The van der Waals surface area contributed by atoms with Gasteiger partial charge in [-0.2, -0.15) is 20.4 Å². The van der Waals surface area contributed by atoms with Gasteiger partial charge in [0.25, 0.3) is 32.1 Å². The molecule has 5 heterocycles. The molecule has 0 atom stereocenters. The number of hydrogen-bond donors (Lipinski definition) is 4. The number of amides is 1. The van der Waals surface area contributed by atoms with Gasteiger partial charge in [0, 0.05) is 97.3 Å². The summed E-state index contributed by atoms with van der Waals surface area (Å²) in [6.45, 7) is 20.3. The van der Waals surface area contributed by atoms with Crippen LogP contribution in [-0.2, 0) is 39.0 Å². The van der Waals surface area contributed by atoms with Gasteiger partial charge in [-0.15, -0.1) is 17.5 Å². The van der Waals surface area contributed by atoms with E-state index in [0.29, 0.717) is 93.9 Å². The Hall–Kier alpha value is -11.9. The average Bonchev–Trinajstić information content (AvgIpc) is 1.69. The van der Waals surface area contributed by atoms with E-state index in [2.05, 4.69) is 60.8 Å². The van der Waals surface area contributed by atoms with Gasteiger partial charge >= 0.3 is 6.09 Å². The van der Waals surface area contributed by atoms with E-state index in [0.717, 1.165) is 11.1 Å². The Morgan fingerprint density at radius 1 is 0.449 bits per heavy atom. The number of carbonyl (C=O) groups excluding carboxylic acids is 1. The largest absolute Gasteiger partial charge is 0.508 e. The van der Waals surface area contributed by atoms with E-state index in [1.54, 1.807) is 172 Å². The van der Waals surface area contributed by atoms with Crippen LogP contribution in [0.25, 0.3) is 56.9 Å². The molecule has 0 radical (unpaired) electrons. The number of phenolic OH excluding ortho intramolecular Hbond substituents is 1. The van der Waals surface area contributed by atoms with Crippen molar-refractivity contribution in [1.82, 2.24) is 79.6 Å². The number of nitrogens with two attached hydrogens (primary N) is 1. The summed E-state index contributed by atoms with van der Waals surface area (Å²) in [6, 6.07) is 52.3. The smallest absolute Gasteiger partial charge is 0.407 e. The summed E-state index contributed by atoms with van der Waals surface area (Å²) >= 11 is 0. The normalized spacial score (nSPS) is 11.1. The fourth-order valence-corrected chi connectivity index (χ4v) is 10.5. The van der Waals surface area contributed by atoms with E-state index in [9.17, 15) is 62.6 Å². The van der Waals surface area contributed by atoms with Gasteiger partial charge < -0.3 is 47.3 Å². The first-order valence-electron chi connectivity index (χ1n) is 37.4. The van der Waals surface area contributed by atoms with Crippen LogP contribution in [0.3, 0.4) is 0 Å². The third-order valence-corrected chi connectivity index (χ3v) is 16.4. The first kappa shape index (κ1) is 113. The van der Waals surface area contributed by atoms with Crippen LogP contribution in [0.1, 0.15) is 202 Å². The Kier molecular flexibility index (Phi) is 48.9. The molecule has 0 bridgehead atoms. The number of H-pyrrole nitrogens is 1. The van der Waals surface area contributed by atoms with E-state index in [1.165, 1.54) is 30.9 Å². The summed E-state index contributed by atoms with van der Waals surface area (Å²) in [5, 5.41) is 33.9. The molecule has 0 unspecified atom stereocenters. The molecule has 12 rings (SSSR count). The van der Waals surface area contributed by atoms with Crippen LogP contribution in [-0.4, -0.2) is 117 Å². The zero-order chi connectivity index (χ0) is 87.3. The number of ether oxygens (including phenoxy) is 5. The van der Waals surface area contributed by atoms with Gasteiger partial charge in [-0.05, 0) is 209 Å². The number of aromatic nitrogens is 15. The second-order valence-corrected chi connectivity index (χ2v) is 28.2. The van der Waals surface area contributed by atoms with Crippen molar-refractivity contribution < 1.29 is 107 Å². The second kappa shape index (κ2) is 54.9. The molecular formula is C89H111ClF12N17O7W-. The van der Waals surface area contributed by atoms with E-state index in [1.807, 2.05) is 74.5 Å². The number of alkyl carbamates (subject to hydrolysis) is 1. The molecule has 692 valence electrons. The maximum absolute atomic E-state index is 13.2. The average molecular weight is 1980 g/mol. The molecule has 0 saturated heterocycles. The molecule has 0 spiro atoms. The Balaban J connectivity index is 0.000000790. The van der Waals surface area contributed by atoms with Crippen LogP contribution >= 0.6 is 12.4 Å². The predicted molar refractivity (Wildman–Crippen MR) is 466 cm³/mol. The van der Waals surface area contributed by atoms with Crippen molar-refractivity contribution in [3.8, 4) is 85.7 Å². The summed E-state index contributed by atoms with van der Waals surface area (Å²) in [5.74, 6) is 1.77. The van der Waals surface area contributed by atoms with Crippen LogP contribution in [0.2, 0.25) is 0 Å². The van der Waals surface area contributed by atoms with Crippen molar-refractivity contribution in [2.75, 3.05) is 26.3 Å². The molecule has 7 aromatic carbocycles. The first-order chi connectivity index (χ1) is 57.2. The Labute approximate surface area is 753 Å². The van der Waals surface area contributed by atoms with Gasteiger partial charge in [0.2, 0.25) is 5.82 Å². The number of phenols is 1. The van der Waals surface area contributed by atoms with Gasteiger partial charge in [0.15, 0.2) is 52.4 Å². The molecule has 5 N–H and O–H groups in total. The quantitative estimate of drug-likeness (QED) is 0.0250. The number of aromatic amines is 1. The fraction of sp³-hybridized carbons (Fsp3) is 0.348. The third kappa shape index (κ3) is 34.8. The third-order valence-electron chi connectivity index (χ3n) is 16.4. The minimum atomic E-state index is -2.73. The molecule has 5 aromatic heterocycles. The molecule has 0 fully saturated rings. The van der Waals surface area contributed by atoms with Crippen molar-refractivity contribution in [2.24, 2.45) is 5.73 Å². The molecule has 0 aliphatic carbocycles. The maximum atomic E-state index is 13.2. The summed E-state index contributed by atoms with van der Waals surface area (Å²) < 4.78 is 187. The Bertz CT molecular complexity index is 5100. The number of alkyl halides is 10. The number of rotatable bonds is 29. The SMILES string of the molecule is C.C.C.C.CC(C)n1nc(-c2ccc(O)cc2)nc1C(F)F.CC(C)n1nc(-c2ccc(OC/C(=C/F)CNC(=O)OC(C)(C)C)cc2)nc1C(F)F.CC(C)n1nc(-c2ccc(OCc3ccccc3)cc2)nc1C(F)F.CC(C)n1nc(C(F)F)nc1-c1ccc(OC/C(=C/F)CN)cc1.Cl.FC(F)c1nc(-c2ccc(OCc3ccccc3)cc2)n[nH]1.[CH3-].[W]. The van der Waals surface area contributed by atoms with E-state index >= 15 is 0 Å². The molecule has 0 aliphatic rings. The number of hydrogen-bond acceptors (Lipinski definition) is 18. The summed E-state index contributed by atoms with van der Waals surface area (Å²) in [7, 11) is 0. The van der Waals surface area contributed by atoms with Crippen LogP contribution in [0.5, 0.6) is 28.7 Å². The van der Waals surface area contributed by atoms with Crippen LogP contribution in [0.4, 0.5) is 57.5 Å². The monoisotopic (exact) mass is 1980 g/mol. The van der Waals surface area contributed by atoms with Gasteiger partial charge in [0.05, 0.1) is 12.7 Å². The van der Waals surface area contributed by atoms with Crippen molar-refractivity contribution >= 4 is 18.5 Å². The summed E-state index contributed by atoms with van der Waals surface area (Å²) in [4.78, 5) is 31.1. The van der Waals surface area contributed by atoms with Gasteiger partial charge in [0.1, 0.15) is 60.8 Å². The van der Waals surface area contributed by atoms with Crippen LogP contribution in [0, 0.1) is 7.43 Å². The zero-order valence-electron chi connectivity index (χ0n) is 69.0. The minimum Gasteiger partial charge on any atom is -0.508 e. The number of nitrogens with zero attached hydrogens (tertiary/aromatic N) is 14. The zero-order valence-corrected chi connectivity index (χ0v) is 72.8. The molecule has 24 nitrogen and oxygen atoms in total. The van der Waals surface area contributed by atoms with E-state index < -0.39 is 55.5 Å². The van der Waals surface area contributed by atoms with Crippen LogP contribution < -0.4 is 30.0 Å². The maximum Gasteiger partial charge on any atom is 0.407 e. The minimum absolute atomic E-state index is 0. The number of carbonyl (C=O) groups is 1. The molecule has 0 aliphatic heterocycles. The standard InChI is InChI=1S/C21H27F3N4O3.C19H19F2N3O.C16H19F3N4O.C16H13F2N3O.C12H13F2N3O.4CH4.CH3.ClH.W/c1-13(2)28-19(17(23)24)26-18(27-28)15-6-8-16(9-7-15)30-12-14(10-22)11-25-20(29)31-21(3,4)5;1-13(2)24-19(17(20)21)22-18(23-24)15-8-10-16(11-9-15)25-12-14-6-4-3-5-7-14;1-10(2)23-16(21-15(22-23)14(18)19)12-3-5-13(6-4-12)24-9-11(7-17)8-20;17-14(18)16-19-15(20-21-16)12-6-8-13(9-7-12)22-10-11-4-2-1-3-5-11;1-7(2)17-12(10(13)14)15-11(16-17)8-3-5-9(18)6-4-8;;;;;;;/h6-10,13,17H,11-12H2,1-5H3,(H,25,29);3-11,13,17H,12H2,1-2H3;3-7,10,14H,8-9,20H2,1-2H3;1-9,14H,10H2,(H,19,20,21);3-7,10,18H,1-2H3;4*1H4;1H3;1H;/q;;;;;;;;;-1;;/b14-10+;;11-7+;;;;;;;;;. The predicted octanol–water partition coefficient (Wildman–Crippen LogP) is 24.5. The van der Waals surface area contributed by atoms with Gasteiger partial charge in [-0.3, -0.25) is 5.10 Å². The number of benzene rings is 7. The molecule has 12 aromatic rings. The summed E-state index contributed by atoms with van der Waals surface area (Å²) in [5.41, 5.74) is 10.5. The Morgan fingerprint density at radius 2 is 0.787 bits per heavy atom. The molecule has 127 heavy (non-hydrogen) atoms. The number of halogens is 13. The van der Waals surface area contributed by atoms with Crippen molar-refractivity contribution in [3.05, 3.63) is 253 Å². The topological polar surface area (TPSA) is 286 Å². The molecular weight excluding hydrogens is 1870 g/mol. The first-order valence-corrected chi connectivity index (χ1v) is 37.4. The Morgan fingerprint density at radius 3 is 1.09 bits per heavy atom.